The molecular formula is C10H8IN3. The fourth-order valence-corrected chi connectivity index (χ4v) is 1.46. The van der Waals surface area contributed by atoms with Gasteiger partial charge in [-0.15, -0.1) is 0 Å². The molecule has 0 saturated heterocycles. The summed E-state index contributed by atoms with van der Waals surface area (Å²) in [5.41, 5.74) is 2.13. The molecule has 0 N–H and O–H groups in total. The molecule has 0 aromatic carbocycles. The van der Waals surface area contributed by atoms with Gasteiger partial charge in [0.2, 0.25) is 0 Å². The highest BCUT2D eigenvalue weighted by Gasteiger charge is 1.97. The number of pyridine rings is 1. The molecule has 0 atom stereocenters. The SMILES string of the molecule is Ic1ccc(Cc2cnccn2)cn1. The van der Waals surface area contributed by atoms with E-state index >= 15 is 0 Å². The summed E-state index contributed by atoms with van der Waals surface area (Å²) in [6.45, 7) is 0. The van der Waals surface area contributed by atoms with Crippen LogP contribution in [-0.2, 0) is 6.42 Å². The van der Waals surface area contributed by atoms with Crippen molar-refractivity contribution >= 4 is 22.6 Å². The lowest BCUT2D eigenvalue weighted by atomic mass is 10.2. The third-order valence-electron chi connectivity index (χ3n) is 1.79. The third kappa shape index (κ3) is 2.47. The molecule has 2 aromatic heterocycles. The zero-order valence-electron chi connectivity index (χ0n) is 7.39. The van der Waals surface area contributed by atoms with Gasteiger partial charge >= 0.3 is 0 Å². The van der Waals surface area contributed by atoms with Crippen molar-refractivity contribution < 1.29 is 0 Å². The van der Waals surface area contributed by atoms with Gasteiger partial charge in [0.05, 0.1) is 5.69 Å². The highest BCUT2D eigenvalue weighted by atomic mass is 127. The monoisotopic (exact) mass is 297 g/mol. The highest BCUT2D eigenvalue weighted by Crippen LogP contribution is 2.06. The van der Waals surface area contributed by atoms with Crippen LogP contribution >= 0.6 is 22.6 Å². The van der Waals surface area contributed by atoms with E-state index in [-0.39, 0.29) is 0 Å². The second kappa shape index (κ2) is 4.45. The molecule has 2 rings (SSSR count). The van der Waals surface area contributed by atoms with E-state index in [4.69, 9.17) is 0 Å². The number of hydrogen-bond donors (Lipinski definition) is 0. The van der Waals surface area contributed by atoms with Crippen LogP contribution in [0.15, 0.2) is 36.9 Å². The zero-order chi connectivity index (χ0) is 9.80. The molecule has 70 valence electrons. The van der Waals surface area contributed by atoms with Crippen molar-refractivity contribution in [3.8, 4) is 0 Å². The lowest BCUT2D eigenvalue weighted by molar-refractivity contribution is 1.02. The van der Waals surface area contributed by atoms with Crippen molar-refractivity contribution in [2.45, 2.75) is 6.42 Å². The maximum absolute atomic E-state index is 4.21. The molecule has 0 saturated carbocycles. The van der Waals surface area contributed by atoms with Crippen molar-refractivity contribution in [2.24, 2.45) is 0 Å². The molecule has 0 aliphatic rings. The first-order valence-electron chi connectivity index (χ1n) is 4.20. The number of halogens is 1. The number of hydrogen-bond acceptors (Lipinski definition) is 3. The summed E-state index contributed by atoms with van der Waals surface area (Å²) in [6, 6.07) is 4.05. The van der Waals surface area contributed by atoms with E-state index in [1.807, 2.05) is 12.3 Å². The van der Waals surface area contributed by atoms with Crippen LogP contribution in [0.2, 0.25) is 0 Å². The molecule has 0 spiro atoms. The normalized spacial score (nSPS) is 10.1. The molecule has 3 nitrogen and oxygen atoms in total. The van der Waals surface area contributed by atoms with Crippen molar-refractivity contribution in [1.82, 2.24) is 15.0 Å². The summed E-state index contributed by atoms with van der Waals surface area (Å²) < 4.78 is 1.01. The average molecular weight is 297 g/mol. The summed E-state index contributed by atoms with van der Waals surface area (Å²) in [5, 5.41) is 0. The maximum atomic E-state index is 4.21. The number of nitrogens with zero attached hydrogens (tertiary/aromatic N) is 3. The van der Waals surface area contributed by atoms with Gasteiger partial charge in [-0.1, -0.05) is 6.07 Å². The van der Waals surface area contributed by atoms with Crippen LogP contribution in [0.3, 0.4) is 0 Å². The lowest BCUT2D eigenvalue weighted by Gasteiger charge is -1.99. The minimum atomic E-state index is 0.789. The van der Waals surface area contributed by atoms with E-state index in [9.17, 15) is 0 Å². The largest absolute Gasteiger partial charge is 0.261 e. The standard InChI is InChI=1S/C10H8IN3/c11-10-2-1-8(6-14-10)5-9-7-12-3-4-13-9/h1-4,6-7H,5H2. The predicted molar refractivity (Wildman–Crippen MR) is 61.8 cm³/mol. The molecule has 0 aliphatic heterocycles. The Kier molecular flexibility index (Phi) is 3.03. The minimum absolute atomic E-state index is 0.789. The Morgan fingerprint density at radius 2 is 2.00 bits per heavy atom. The van der Waals surface area contributed by atoms with E-state index < -0.39 is 0 Å². The molecule has 0 fully saturated rings. The van der Waals surface area contributed by atoms with Crippen LogP contribution in [0.25, 0.3) is 0 Å². The Balaban J connectivity index is 2.16. The summed E-state index contributed by atoms with van der Waals surface area (Å²) in [7, 11) is 0. The molecule has 0 bridgehead atoms. The molecule has 0 unspecified atom stereocenters. The molecular weight excluding hydrogens is 289 g/mol. The molecule has 0 radical (unpaired) electrons. The summed E-state index contributed by atoms with van der Waals surface area (Å²) in [6.07, 6.45) is 7.82. The molecule has 4 heteroatoms. The first-order chi connectivity index (χ1) is 6.84. The van der Waals surface area contributed by atoms with E-state index in [1.165, 1.54) is 0 Å². The second-order valence-corrected chi connectivity index (χ2v) is 3.97. The smallest absolute Gasteiger partial charge is 0.101 e. The Morgan fingerprint density at radius 1 is 1.07 bits per heavy atom. The molecule has 2 aromatic rings. The van der Waals surface area contributed by atoms with E-state index in [0.29, 0.717) is 0 Å². The van der Waals surface area contributed by atoms with Crippen LogP contribution in [0, 0.1) is 3.70 Å². The van der Waals surface area contributed by atoms with Crippen LogP contribution < -0.4 is 0 Å². The average Bonchev–Trinajstić information content (AvgIpc) is 2.23. The van der Waals surface area contributed by atoms with E-state index in [0.717, 1.165) is 21.4 Å². The van der Waals surface area contributed by atoms with Gasteiger partial charge in [-0.25, -0.2) is 0 Å². The van der Waals surface area contributed by atoms with Gasteiger partial charge in [-0.2, -0.15) is 0 Å². The Hall–Kier alpha value is -1.04. The number of aromatic nitrogens is 3. The van der Waals surface area contributed by atoms with Gasteiger partial charge in [0.1, 0.15) is 3.70 Å². The first-order valence-corrected chi connectivity index (χ1v) is 5.28. The van der Waals surface area contributed by atoms with Gasteiger partial charge in [0, 0.05) is 31.2 Å². The molecule has 14 heavy (non-hydrogen) atoms. The van der Waals surface area contributed by atoms with Crippen molar-refractivity contribution in [2.75, 3.05) is 0 Å². The zero-order valence-corrected chi connectivity index (χ0v) is 9.55. The maximum Gasteiger partial charge on any atom is 0.101 e. The van der Waals surface area contributed by atoms with Crippen LogP contribution in [0.1, 0.15) is 11.3 Å². The Labute approximate surface area is 95.8 Å². The van der Waals surface area contributed by atoms with Crippen LogP contribution in [0.5, 0.6) is 0 Å². The summed E-state index contributed by atoms with van der Waals surface area (Å²) >= 11 is 2.19. The lowest BCUT2D eigenvalue weighted by Crippen LogP contribution is -1.93. The van der Waals surface area contributed by atoms with Crippen LogP contribution in [0.4, 0.5) is 0 Å². The minimum Gasteiger partial charge on any atom is -0.261 e. The van der Waals surface area contributed by atoms with Crippen LogP contribution in [-0.4, -0.2) is 15.0 Å². The van der Waals surface area contributed by atoms with Gasteiger partial charge in [-0.3, -0.25) is 15.0 Å². The highest BCUT2D eigenvalue weighted by molar-refractivity contribution is 14.1. The number of rotatable bonds is 2. The van der Waals surface area contributed by atoms with E-state index in [2.05, 4.69) is 43.6 Å². The van der Waals surface area contributed by atoms with Gasteiger partial charge in [0.25, 0.3) is 0 Å². The summed E-state index contributed by atoms with van der Waals surface area (Å²) in [4.78, 5) is 12.4. The van der Waals surface area contributed by atoms with E-state index in [1.54, 1.807) is 18.6 Å². The van der Waals surface area contributed by atoms with Crippen molar-refractivity contribution in [3.63, 3.8) is 0 Å². The fraction of sp³-hybridized carbons (Fsp3) is 0.100. The fourth-order valence-electron chi connectivity index (χ4n) is 1.14. The Morgan fingerprint density at radius 3 is 2.64 bits per heavy atom. The molecule has 0 amide bonds. The molecule has 0 aliphatic carbocycles. The second-order valence-electron chi connectivity index (χ2n) is 2.86. The van der Waals surface area contributed by atoms with Crippen molar-refractivity contribution in [3.05, 3.63) is 51.9 Å². The predicted octanol–water partition coefficient (Wildman–Crippen LogP) is 2.07. The first kappa shape index (κ1) is 9.51. The quantitative estimate of drug-likeness (QED) is 0.629. The van der Waals surface area contributed by atoms with Crippen molar-refractivity contribution in [1.29, 1.82) is 0 Å². The van der Waals surface area contributed by atoms with Gasteiger partial charge in [0.15, 0.2) is 0 Å². The molecule has 2 heterocycles. The topological polar surface area (TPSA) is 38.7 Å². The van der Waals surface area contributed by atoms with Gasteiger partial charge < -0.3 is 0 Å². The third-order valence-corrected chi connectivity index (χ3v) is 2.43. The van der Waals surface area contributed by atoms with Gasteiger partial charge in [-0.05, 0) is 34.2 Å². The summed E-state index contributed by atoms with van der Waals surface area (Å²) in [5.74, 6) is 0. The Bertz CT molecular complexity index is 399.